The smallest absolute Gasteiger partial charge is 0.306 e. The molecular formula is C20H36N4O4. The van der Waals surface area contributed by atoms with Crippen LogP contribution in [0.3, 0.4) is 0 Å². The van der Waals surface area contributed by atoms with Crippen molar-refractivity contribution in [1.82, 2.24) is 19.6 Å². The van der Waals surface area contributed by atoms with Gasteiger partial charge < -0.3 is 19.3 Å². The first-order valence-electron chi connectivity index (χ1n) is 10.8. The molecule has 0 N–H and O–H groups in total. The Morgan fingerprint density at radius 3 is 2.29 bits per heavy atom. The zero-order chi connectivity index (χ0) is 19.8. The highest BCUT2D eigenvalue weighted by Crippen LogP contribution is 2.19. The molecule has 3 rings (SSSR count). The van der Waals surface area contributed by atoms with Gasteiger partial charge in [0.2, 0.25) is 5.91 Å². The van der Waals surface area contributed by atoms with Crippen LogP contribution in [0.25, 0.3) is 0 Å². The van der Waals surface area contributed by atoms with Crippen molar-refractivity contribution in [2.45, 2.75) is 31.7 Å². The predicted octanol–water partition coefficient (Wildman–Crippen LogP) is -0.120. The normalized spacial score (nSPS) is 23.7. The van der Waals surface area contributed by atoms with Gasteiger partial charge >= 0.3 is 5.97 Å². The number of hydrogen-bond donors (Lipinski definition) is 0. The van der Waals surface area contributed by atoms with Gasteiger partial charge in [-0.2, -0.15) is 0 Å². The Morgan fingerprint density at radius 1 is 0.929 bits per heavy atom. The van der Waals surface area contributed by atoms with Crippen molar-refractivity contribution in [3.63, 3.8) is 0 Å². The van der Waals surface area contributed by atoms with E-state index < -0.39 is 0 Å². The Bertz CT molecular complexity index is 496. The maximum absolute atomic E-state index is 12.4. The van der Waals surface area contributed by atoms with E-state index >= 15 is 0 Å². The Morgan fingerprint density at radius 2 is 1.61 bits per heavy atom. The van der Waals surface area contributed by atoms with Crippen LogP contribution in [0, 0.1) is 0 Å². The van der Waals surface area contributed by atoms with Crippen molar-refractivity contribution in [2.75, 3.05) is 85.8 Å². The molecule has 0 aliphatic carbocycles. The molecule has 160 valence electrons. The van der Waals surface area contributed by atoms with Gasteiger partial charge in [0.15, 0.2) is 0 Å². The molecule has 3 heterocycles. The fourth-order valence-electron chi connectivity index (χ4n) is 4.22. The number of piperidine rings is 1. The summed E-state index contributed by atoms with van der Waals surface area (Å²) in [6.45, 7) is 10.5. The van der Waals surface area contributed by atoms with Crippen molar-refractivity contribution in [3.05, 3.63) is 0 Å². The molecule has 0 unspecified atom stereocenters. The first-order valence-corrected chi connectivity index (χ1v) is 10.8. The number of piperazine rings is 1. The Hall–Kier alpha value is -1.22. The topological polar surface area (TPSA) is 65.6 Å². The third kappa shape index (κ3) is 6.69. The van der Waals surface area contributed by atoms with E-state index in [2.05, 4.69) is 21.7 Å². The second-order valence-electron chi connectivity index (χ2n) is 8.13. The lowest BCUT2D eigenvalue weighted by Gasteiger charge is -2.42. The number of likely N-dealkylation sites (tertiary alicyclic amines) is 1. The number of ether oxygens (including phenoxy) is 2. The molecule has 0 atom stereocenters. The number of morpholine rings is 1. The fraction of sp³-hybridized carbons (Fsp3) is 0.900. The van der Waals surface area contributed by atoms with E-state index in [0.717, 1.165) is 85.0 Å². The minimum atomic E-state index is -0.270. The lowest BCUT2D eigenvalue weighted by Crippen LogP contribution is -2.53. The molecule has 0 aromatic rings. The number of hydrogen-bond acceptors (Lipinski definition) is 7. The number of carbonyl (C=O) groups excluding carboxylic acids is 2. The number of likely N-dealkylation sites (N-methyl/N-ethyl adjacent to an activating group) is 1. The van der Waals surface area contributed by atoms with Crippen LogP contribution < -0.4 is 0 Å². The van der Waals surface area contributed by atoms with Crippen LogP contribution in [0.15, 0.2) is 0 Å². The minimum Gasteiger partial charge on any atom is -0.464 e. The lowest BCUT2D eigenvalue weighted by molar-refractivity contribution is -0.147. The predicted molar refractivity (Wildman–Crippen MR) is 106 cm³/mol. The third-order valence-corrected chi connectivity index (χ3v) is 6.19. The summed E-state index contributed by atoms with van der Waals surface area (Å²) in [6, 6.07) is 0.600. The van der Waals surface area contributed by atoms with E-state index in [1.807, 2.05) is 4.90 Å². The van der Waals surface area contributed by atoms with Gasteiger partial charge in [-0.05, 0) is 19.9 Å². The van der Waals surface area contributed by atoms with Crippen molar-refractivity contribution < 1.29 is 19.1 Å². The van der Waals surface area contributed by atoms with Crippen LogP contribution in [0.1, 0.15) is 25.7 Å². The van der Waals surface area contributed by atoms with Gasteiger partial charge in [0, 0.05) is 71.4 Å². The quantitative estimate of drug-likeness (QED) is 0.556. The van der Waals surface area contributed by atoms with Crippen LogP contribution in [0.5, 0.6) is 0 Å². The average Bonchev–Trinajstić information content (AvgIpc) is 2.73. The lowest BCUT2D eigenvalue weighted by atomic mass is 10.0. The van der Waals surface area contributed by atoms with Crippen molar-refractivity contribution in [2.24, 2.45) is 0 Å². The van der Waals surface area contributed by atoms with E-state index in [4.69, 9.17) is 9.47 Å². The molecule has 3 fully saturated rings. The summed E-state index contributed by atoms with van der Waals surface area (Å²) < 4.78 is 10.6. The van der Waals surface area contributed by atoms with Gasteiger partial charge in [0.25, 0.3) is 0 Å². The largest absolute Gasteiger partial charge is 0.464 e. The molecule has 0 bridgehead atoms. The van der Waals surface area contributed by atoms with Gasteiger partial charge in [-0.25, -0.2) is 0 Å². The van der Waals surface area contributed by atoms with Crippen LogP contribution in [-0.2, 0) is 19.1 Å². The van der Waals surface area contributed by atoms with Crippen LogP contribution in [-0.4, -0.2) is 123 Å². The SMILES string of the molecule is CN1CCN(C2CCN(C(=O)CCC(=O)OCCN3CCOCC3)CC2)CC1. The summed E-state index contributed by atoms with van der Waals surface area (Å²) in [7, 11) is 2.17. The van der Waals surface area contributed by atoms with Gasteiger partial charge in [0.1, 0.15) is 6.61 Å². The summed E-state index contributed by atoms with van der Waals surface area (Å²) in [5.41, 5.74) is 0. The Balaban J connectivity index is 1.26. The van der Waals surface area contributed by atoms with Crippen LogP contribution in [0.4, 0.5) is 0 Å². The standard InChI is InChI=1S/C20H36N4O4/c1-21-8-10-23(11-9-21)18-4-6-24(7-5-18)19(25)2-3-20(26)28-17-14-22-12-15-27-16-13-22/h18H,2-17H2,1H3. The zero-order valence-corrected chi connectivity index (χ0v) is 17.3. The highest BCUT2D eigenvalue weighted by molar-refractivity contribution is 5.81. The molecule has 0 aromatic carbocycles. The zero-order valence-electron chi connectivity index (χ0n) is 17.3. The summed E-state index contributed by atoms with van der Waals surface area (Å²) in [5.74, 6) is -0.184. The Labute approximate surface area is 168 Å². The second kappa shape index (κ2) is 11.1. The van der Waals surface area contributed by atoms with Gasteiger partial charge in [-0.15, -0.1) is 0 Å². The first-order chi connectivity index (χ1) is 13.6. The summed E-state index contributed by atoms with van der Waals surface area (Å²) >= 11 is 0. The maximum atomic E-state index is 12.4. The van der Waals surface area contributed by atoms with E-state index in [1.54, 1.807) is 0 Å². The minimum absolute atomic E-state index is 0.0851. The fourth-order valence-corrected chi connectivity index (χ4v) is 4.22. The van der Waals surface area contributed by atoms with E-state index in [9.17, 15) is 9.59 Å². The van der Waals surface area contributed by atoms with Crippen LogP contribution >= 0.6 is 0 Å². The van der Waals surface area contributed by atoms with Gasteiger partial charge in [-0.3, -0.25) is 19.4 Å². The van der Waals surface area contributed by atoms with Crippen LogP contribution in [0.2, 0.25) is 0 Å². The molecule has 3 saturated heterocycles. The molecule has 8 nitrogen and oxygen atoms in total. The molecule has 0 radical (unpaired) electrons. The second-order valence-corrected chi connectivity index (χ2v) is 8.13. The van der Waals surface area contributed by atoms with E-state index in [-0.39, 0.29) is 24.7 Å². The highest BCUT2D eigenvalue weighted by Gasteiger charge is 2.28. The van der Waals surface area contributed by atoms with Crippen molar-refractivity contribution >= 4 is 11.9 Å². The summed E-state index contributed by atoms with van der Waals surface area (Å²) in [4.78, 5) is 33.4. The number of amides is 1. The molecule has 0 saturated carbocycles. The highest BCUT2D eigenvalue weighted by atomic mass is 16.5. The molecule has 3 aliphatic heterocycles. The number of rotatable bonds is 7. The molecule has 0 spiro atoms. The Kier molecular flexibility index (Phi) is 8.51. The van der Waals surface area contributed by atoms with E-state index in [1.165, 1.54) is 0 Å². The molecule has 28 heavy (non-hydrogen) atoms. The van der Waals surface area contributed by atoms with Crippen molar-refractivity contribution in [1.29, 1.82) is 0 Å². The summed E-state index contributed by atoms with van der Waals surface area (Å²) in [6.07, 6.45) is 2.52. The number of nitrogens with zero attached hydrogens (tertiary/aromatic N) is 4. The van der Waals surface area contributed by atoms with Crippen molar-refractivity contribution in [3.8, 4) is 0 Å². The monoisotopic (exact) mass is 396 g/mol. The van der Waals surface area contributed by atoms with E-state index in [0.29, 0.717) is 12.6 Å². The van der Waals surface area contributed by atoms with Gasteiger partial charge in [-0.1, -0.05) is 0 Å². The molecular weight excluding hydrogens is 360 g/mol. The molecule has 1 amide bonds. The molecule has 0 aromatic heterocycles. The molecule has 3 aliphatic rings. The first kappa shape index (κ1) is 21.5. The third-order valence-electron chi connectivity index (χ3n) is 6.19. The summed E-state index contributed by atoms with van der Waals surface area (Å²) in [5, 5.41) is 0. The maximum Gasteiger partial charge on any atom is 0.306 e. The molecule has 8 heteroatoms. The van der Waals surface area contributed by atoms with Gasteiger partial charge in [0.05, 0.1) is 19.6 Å². The average molecular weight is 397 g/mol. The number of esters is 1. The number of carbonyl (C=O) groups is 2.